The second kappa shape index (κ2) is 11.2. The number of primary amides is 1. The van der Waals surface area contributed by atoms with Crippen molar-refractivity contribution in [1.82, 2.24) is 19.5 Å². The average Bonchev–Trinajstić information content (AvgIpc) is 3.58. The largest absolute Gasteiger partial charge is 0.364 e. The number of amides is 2. The number of halogens is 1. The molecule has 3 heterocycles. The Morgan fingerprint density at radius 3 is 2.51 bits per heavy atom. The van der Waals surface area contributed by atoms with Gasteiger partial charge in [-0.05, 0) is 61.1 Å². The molecule has 1 aliphatic heterocycles. The van der Waals surface area contributed by atoms with Gasteiger partial charge in [0.2, 0.25) is 5.91 Å². The lowest BCUT2D eigenvalue weighted by Crippen LogP contribution is -2.50. The number of carbonyl (C=O) groups excluding carboxylic acids is 2. The molecule has 39 heavy (non-hydrogen) atoms. The molecule has 1 aliphatic carbocycles. The molecule has 2 aliphatic rings. The van der Waals surface area contributed by atoms with Crippen LogP contribution in [0, 0.1) is 0 Å². The highest BCUT2D eigenvalue weighted by atomic mass is 19.1. The highest BCUT2D eigenvalue weighted by molar-refractivity contribution is 5.91. The molecule has 0 saturated carbocycles. The second-order valence-electron chi connectivity index (χ2n) is 9.82. The van der Waals surface area contributed by atoms with Gasteiger partial charge in [0, 0.05) is 23.7 Å². The van der Waals surface area contributed by atoms with Crippen molar-refractivity contribution in [2.75, 3.05) is 13.1 Å². The molecule has 0 spiro atoms. The number of aryl methyl sites for hydroxylation is 2. The third-order valence-corrected chi connectivity index (χ3v) is 7.23. The van der Waals surface area contributed by atoms with E-state index in [1.165, 1.54) is 28.5 Å². The Morgan fingerprint density at radius 2 is 1.79 bits per heavy atom. The van der Waals surface area contributed by atoms with E-state index in [9.17, 15) is 14.0 Å². The van der Waals surface area contributed by atoms with Crippen molar-refractivity contribution in [3.05, 3.63) is 90.1 Å². The smallest absolute Gasteiger partial charge is 0.269 e. The number of imidazole rings is 1. The van der Waals surface area contributed by atoms with Crippen molar-refractivity contribution < 1.29 is 14.0 Å². The van der Waals surface area contributed by atoms with E-state index in [-0.39, 0.29) is 18.1 Å². The summed E-state index contributed by atoms with van der Waals surface area (Å²) in [5, 5.41) is 4.45. The molecule has 2 amide bonds. The van der Waals surface area contributed by atoms with Gasteiger partial charge in [0.25, 0.3) is 5.91 Å². The van der Waals surface area contributed by atoms with E-state index in [4.69, 9.17) is 16.5 Å². The van der Waals surface area contributed by atoms with Gasteiger partial charge in [-0.15, -0.1) is 0 Å². The Bertz CT molecular complexity index is 1530. The normalized spacial score (nSPS) is 18.3. The summed E-state index contributed by atoms with van der Waals surface area (Å²) in [6.45, 7) is 3.97. The van der Waals surface area contributed by atoms with Crippen LogP contribution in [0.25, 0.3) is 28.2 Å². The molecule has 1 fully saturated rings. The van der Waals surface area contributed by atoms with E-state index in [0.717, 1.165) is 35.4 Å². The van der Waals surface area contributed by atoms with Crippen LogP contribution >= 0.6 is 0 Å². The van der Waals surface area contributed by atoms with Crippen molar-refractivity contribution in [2.45, 2.75) is 37.9 Å². The van der Waals surface area contributed by atoms with Gasteiger partial charge < -0.3 is 16.4 Å². The number of nitrogens with two attached hydrogens (primary N) is 2. The van der Waals surface area contributed by atoms with E-state index in [1.54, 1.807) is 16.6 Å². The fraction of sp³-hybridized carbons (Fsp3) is 0.267. The van der Waals surface area contributed by atoms with Crippen molar-refractivity contribution in [3.8, 4) is 22.5 Å². The lowest BCUT2D eigenvalue weighted by Gasteiger charge is -2.32. The first-order valence-corrected chi connectivity index (χ1v) is 13.0. The fourth-order valence-electron chi connectivity index (χ4n) is 5.09. The van der Waals surface area contributed by atoms with Gasteiger partial charge >= 0.3 is 0 Å². The number of benzene rings is 2. The van der Waals surface area contributed by atoms with E-state index >= 15 is 0 Å². The maximum absolute atomic E-state index is 13.0. The standard InChI is InChI=1S/C22H18N4O.C8H13FN2O/c23-22(27)18-11-12-19-24-20(17-10-9-14-7-4-8-16(14)13-17)21(26(19)25-18)15-5-2-1-3-6-15;1-2-8(12)11-4-3-7(10)6(9)5-11/h1-3,5-6,9-13H,4,7-8H2,(H2,23,27);2,6-7H,1,3-5,10H2. The topological polar surface area (TPSA) is 120 Å². The number of piperidine rings is 1. The summed E-state index contributed by atoms with van der Waals surface area (Å²) < 4.78 is 14.7. The summed E-state index contributed by atoms with van der Waals surface area (Å²) in [4.78, 5) is 28.9. The highest BCUT2D eigenvalue weighted by Gasteiger charge is 2.27. The average molecular weight is 527 g/mol. The van der Waals surface area contributed by atoms with Crippen LogP contribution in [-0.4, -0.2) is 56.6 Å². The molecule has 4 aromatic rings. The van der Waals surface area contributed by atoms with Crippen LogP contribution in [0.2, 0.25) is 0 Å². The van der Waals surface area contributed by atoms with Crippen LogP contribution in [0.3, 0.4) is 0 Å². The van der Waals surface area contributed by atoms with E-state index in [1.807, 2.05) is 30.3 Å². The van der Waals surface area contributed by atoms with Crippen LogP contribution in [-0.2, 0) is 17.6 Å². The maximum atomic E-state index is 13.0. The molecule has 9 heteroatoms. The van der Waals surface area contributed by atoms with Crippen LogP contribution in [0.5, 0.6) is 0 Å². The number of nitrogens with zero attached hydrogens (tertiary/aromatic N) is 4. The van der Waals surface area contributed by atoms with Crippen molar-refractivity contribution in [2.24, 2.45) is 11.5 Å². The Kier molecular flexibility index (Phi) is 7.51. The van der Waals surface area contributed by atoms with Gasteiger partial charge in [0.05, 0.1) is 12.2 Å². The number of fused-ring (bicyclic) bond motifs is 2. The molecular weight excluding hydrogens is 495 g/mol. The minimum Gasteiger partial charge on any atom is -0.364 e. The lowest BCUT2D eigenvalue weighted by atomic mass is 10.0. The first-order chi connectivity index (χ1) is 18.9. The third kappa shape index (κ3) is 5.44. The number of hydrogen-bond donors (Lipinski definition) is 2. The molecule has 8 nitrogen and oxygen atoms in total. The number of aromatic nitrogens is 3. The summed E-state index contributed by atoms with van der Waals surface area (Å²) in [7, 11) is 0. The Balaban J connectivity index is 0.000000217. The summed E-state index contributed by atoms with van der Waals surface area (Å²) in [5.41, 5.74) is 18.4. The second-order valence-corrected chi connectivity index (χ2v) is 9.82. The van der Waals surface area contributed by atoms with E-state index in [0.29, 0.717) is 18.6 Å². The minimum atomic E-state index is -1.09. The highest BCUT2D eigenvalue weighted by Crippen LogP contribution is 2.34. The van der Waals surface area contributed by atoms with Crippen molar-refractivity contribution >= 4 is 17.5 Å². The predicted octanol–water partition coefficient (Wildman–Crippen LogP) is 3.72. The first-order valence-electron chi connectivity index (χ1n) is 13.0. The van der Waals surface area contributed by atoms with Gasteiger partial charge in [-0.2, -0.15) is 5.10 Å². The molecule has 2 unspecified atom stereocenters. The fourth-order valence-corrected chi connectivity index (χ4v) is 5.09. The van der Waals surface area contributed by atoms with Gasteiger partial charge in [-0.25, -0.2) is 13.9 Å². The molecule has 0 radical (unpaired) electrons. The van der Waals surface area contributed by atoms with Gasteiger partial charge in [-0.3, -0.25) is 9.59 Å². The molecule has 1 saturated heterocycles. The number of carbonyl (C=O) groups is 2. The van der Waals surface area contributed by atoms with Gasteiger partial charge in [0.1, 0.15) is 17.6 Å². The molecular formula is C30H31FN6O2. The van der Waals surface area contributed by atoms with E-state index in [2.05, 4.69) is 29.9 Å². The van der Waals surface area contributed by atoms with Crippen molar-refractivity contribution in [3.63, 3.8) is 0 Å². The molecule has 200 valence electrons. The SMILES string of the molecule is C=CC(=O)N1CCC(N)C(F)C1.NC(=O)c1ccc2nc(-c3ccc4c(c3)CCC4)c(-c3ccccc3)n2n1. The number of likely N-dealkylation sites (tertiary alicyclic amines) is 1. The molecule has 6 rings (SSSR count). The quantitative estimate of drug-likeness (QED) is 0.393. The summed E-state index contributed by atoms with van der Waals surface area (Å²) in [5.74, 6) is -0.770. The number of rotatable bonds is 4. The lowest BCUT2D eigenvalue weighted by molar-refractivity contribution is -0.128. The molecule has 2 atom stereocenters. The van der Waals surface area contributed by atoms with Crippen LogP contribution in [0.15, 0.2) is 73.3 Å². The summed E-state index contributed by atoms with van der Waals surface area (Å²) >= 11 is 0. The van der Waals surface area contributed by atoms with Gasteiger partial charge in [0.15, 0.2) is 5.65 Å². The summed E-state index contributed by atoms with van der Waals surface area (Å²) in [6.07, 6.45) is 4.10. The number of hydrogen-bond acceptors (Lipinski definition) is 5. The Labute approximate surface area is 226 Å². The minimum absolute atomic E-state index is 0.103. The van der Waals surface area contributed by atoms with Crippen molar-refractivity contribution in [1.29, 1.82) is 0 Å². The molecule has 2 aromatic heterocycles. The Hall–Kier alpha value is -4.37. The zero-order valence-corrected chi connectivity index (χ0v) is 21.6. The van der Waals surface area contributed by atoms with E-state index < -0.39 is 18.1 Å². The van der Waals surface area contributed by atoms with Crippen LogP contribution in [0.4, 0.5) is 4.39 Å². The first kappa shape index (κ1) is 26.2. The van der Waals surface area contributed by atoms with Crippen LogP contribution in [0.1, 0.15) is 34.5 Å². The summed E-state index contributed by atoms with van der Waals surface area (Å²) in [6, 6.07) is 19.6. The molecule has 4 N–H and O–H groups in total. The monoisotopic (exact) mass is 526 g/mol. The zero-order valence-electron chi connectivity index (χ0n) is 21.6. The molecule has 0 bridgehead atoms. The number of alkyl halides is 1. The third-order valence-electron chi connectivity index (χ3n) is 7.23. The van der Waals surface area contributed by atoms with Gasteiger partial charge in [-0.1, -0.05) is 49.0 Å². The van der Waals surface area contributed by atoms with Crippen LogP contribution < -0.4 is 11.5 Å². The molecule has 2 aromatic carbocycles. The Morgan fingerprint density at radius 1 is 1.03 bits per heavy atom. The maximum Gasteiger partial charge on any atom is 0.269 e. The zero-order chi connectivity index (χ0) is 27.5. The predicted molar refractivity (Wildman–Crippen MR) is 149 cm³/mol.